The second kappa shape index (κ2) is 11.8. The third-order valence-corrected chi connectivity index (χ3v) is 6.61. The van der Waals surface area contributed by atoms with Crippen LogP contribution in [-0.4, -0.2) is 50.3 Å². The van der Waals surface area contributed by atoms with Crippen molar-refractivity contribution in [3.8, 4) is 11.5 Å². The summed E-state index contributed by atoms with van der Waals surface area (Å²) in [5.74, 6) is -0.323. The van der Waals surface area contributed by atoms with Crippen LogP contribution >= 0.6 is 0 Å². The molecule has 0 aliphatic rings. The van der Waals surface area contributed by atoms with E-state index in [-0.39, 0.29) is 24.5 Å². The van der Waals surface area contributed by atoms with Gasteiger partial charge in [-0.25, -0.2) is 13.9 Å². The summed E-state index contributed by atoms with van der Waals surface area (Å²) < 4.78 is 51.0. The minimum absolute atomic E-state index is 0.0466. The molecule has 0 bridgehead atoms. The maximum Gasteiger partial charge on any atom is 0.262 e. The molecular formula is C22H29FN2O6S. The number of nitrogens with zero attached hydrogens (tertiary/aromatic N) is 1. The Kier molecular flexibility index (Phi) is 9.42. The number of methoxy groups -OCH3 is 1. The number of alkyl halides is 1. The van der Waals surface area contributed by atoms with Gasteiger partial charge in [0.15, 0.2) is 0 Å². The van der Waals surface area contributed by atoms with Crippen LogP contribution < -0.4 is 15.0 Å². The molecule has 2 rings (SSSR count). The van der Waals surface area contributed by atoms with Crippen LogP contribution in [0.2, 0.25) is 0 Å². The molecule has 10 heteroatoms. The number of halogens is 1. The molecule has 2 aromatic rings. The molecule has 8 nitrogen and oxygen atoms in total. The van der Waals surface area contributed by atoms with Crippen LogP contribution in [0.3, 0.4) is 0 Å². The van der Waals surface area contributed by atoms with E-state index >= 15 is 0 Å². The highest BCUT2D eigenvalue weighted by Gasteiger charge is 2.38. The first kappa shape index (κ1) is 25.6. The van der Waals surface area contributed by atoms with Gasteiger partial charge in [-0.2, -0.15) is 4.31 Å². The first-order chi connectivity index (χ1) is 15.2. The van der Waals surface area contributed by atoms with Gasteiger partial charge in [-0.05, 0) is 47.9 Å². The fourth-order valence-electron chi connectivity index (χ4n) is 3.20. The van der Waals surface area contributed by atoms with E-state index in [1.807, 2.05) is 0 Å². The van der Waals surface area contributed by atoms with Crippen LogP contribution in [-0.2, 0) is 21.4 Å². The first-order valence-electron chi connectivity index (χ1n) is 10.1. The summed E-state index contributed by atoms with van der Waals surface area (Å²) >= 11 is 0. The molecule has 32 heavy (non-hydrogen) atoms. The average molecular weight is 469 g/mol. The number of ether oxygens (including phenoxy) is 2. The molecule has 0 spiro atoms. The van der Waals surface area contributed by atoms with Gasteiger partial charge in [0, 0.05) is 13.0 Å². The van der Waals surface area contributed by atoms with Crippen molar-refractivity contribution in [1.29, 1.82) is 0 Å². The number of hydroxylamine groups is 1. The Balaban J connectivity index is 2.45. The molecule has 0 fully saturated rings. The van der Waals surface area contributed by atoms with Crippen molar-refractivity contribution in [3.05, 3.63) is 54.1 Å². The van der Waals surface area contributed by atoms with Crippen molar-refractivity contribution < 1.29 is 32.3 Å². The first-order valence-corrected chi connectivity index (χ1v) is 11.6. The van der Waals surface area contributed by atoms with Gasteiger partial charge < -0.3 is 9.47 Å². The van der Waals surface area contributed by atoms with Gasteiger partial charge >= 0.3 is 0 Å². The standard InChI is InChI=1S/C22H29FN2O6S/c1-16(2)21(22(26)24-27)25(15-17-6-4-7-19(14-17)30-3)32(28,29)20-10-8-18(9-11-20)31-13-5-12-23/h4,6-11,14,16,21,27H,5,12-13,15H2,1-3H3,(H,24,26). The molecule has 1 amide bonds. The largest absolute Gasteiger partial charge is 0.497 e. The second-order valence-corrected chi connectivity index (χ2v) is 9.32. The van der Waals surface area contributed by atoms with Crippen molar-refractivity contribution in [2.24, 2.45) is 5.92 Å². The van der Waals surface area contributed by atoms with Crippen LogP contribution in [0, 0.1) is 5.92 Å². The van der Waals surface area contributed by atoms with E-state index in [1.54, 1.807) is 43.6 Å². The Morgan fingerprint density at radius 2 is 1.84 bits per heavy atom. The van der Waals surface area contributed by atoms with E-state index in [0.29, 0.717) is 17.1 Å². The van der Waals surface area contributed by atoms with Crippen molar-refractivity contribution in [3.63, 3.8) is 0 Å². The lowest BCUT2D eigenvalue weighted by Gasteiger charge is -2.32. The molecule has 0 aliphatic carbocycles. The number of rotatable bonds is 12. The van der Waals surface area contributed by atoms with Crippen molar-refractivity contribution in [1.82, 2.24) is 9.79 Å². The molecule has 0 saturated heterocycles. The highest BCUT2D eigenvalue weighted by molar-refractivity contribution is 7.89. The summed E-state index contributed by atoms with van der Waals surface area (Å²) in [6, 6.07) is 11.4. The van der Waals surface area contributed by atoms with Gasteiger partial charge in [-0.1, -0.05) is 26.0 Å². The summed E-state index contributed by atoms with van der Waals surface area (Å²) in [5.41, 5.74) is 2.18. The van der Waals surface area contributed by atoms with E-state index in [4.69, 9.17) is 9.47 Å². The quantitative estimate of drug-likeness (QED) is 0.282. The predicted molar refractivity (Wildman–Crippen MR) is 117 cm³/mol. The van der Waals surface area contributed by atoms with Crippen LogP contribution in [0.5, 0.6) is 11.5 Å². The summed E-state index contributed by atoms with van der Waals surface area (Å²) in [7, 11) is -2.65. The molecule has 0 saturated carbocycles. The Labute approximate surface area is 188 Å². The van der Waals surface area contributed by atoms with E-state index < -0.39 is 34.6 Å². The Morgan fingerprint density at radius 3 is 2.41 bits per heavy atom. The molecule has 1 unspecified atom stereocenters. The fourth-order valence-corrected chi connectivity index (χ4v) is 4.91. The Hall–Kier alpha value is -2.69. The molecule has 1 atom stereocenters. The average Bonchev–Trinajstić information content (AvgIpc) is 2.78. The summed E-state index contributed by atoms with van der Waals surface area (Å²) in [6.45, 7) is 2.93. The molecule has 0 aliphatic heterocycles. The topological polar surface area (TPSA) is 105 Å². The van der Waals surface area contributed by atoms with Crippen molar-refractivity contribution >= 4 is 15.9 Å². The van der Waals surface area contributed by atoms with Crippen LogP contribution in [0.4, 0.5) is 4.39 Å². The maximum absolute atomic E-state index is 13.6. The molecule has 0 aromatic heterocycles. The minimum Gasteiger partial charge on any atom is -0.497 e. The third-order valence-electron chi connectivity index (χ3n) is 4.77. The molecule has 2 N–H and O–H groups in total. The third kappa shape index (κ3) is 6.41. The number of amides is 1. The van der Waals surface area contributed by atoms with E-state index in [0.717, 1.165) is 4.31 Å². The zero-order chi connectivity index (χ0) is 23.7. The number of hydrogen-bond acceptors (Lipinski definition) is 6. The monoisotopic (exact) mass is 468 g/mol. The van der Waals surface area contributed by atoms with Crippen LogP contribution in [0.15, 0.2) is 53.4 Å². The van der Waals surface area contributed by atoms with E-state index in [9.17, 15) is 22.8 Å². The van der Waals surface area contributed by atoms with Crippen LogP contribution in [0.25, 0.3) is 0 Å². The zero-order valence-corrected chi connectivity index (χ0v) is 19.1. The minimum atomic E-state index is -4.16. The molecule has 0 radical (unpaired) electrons. The maximum atomic E-state index is 13.6. The van der Waals surface area contributed by atoms with Gasteiger partial charge in [-0.3, -0.25) is 14.4 Å². The number of hydrogen-bond donors (Lipinski definition) is 2. The molecular weight excluding hydrogens is 439 g/mol. The predicted octanol–water partition coefficient (Wildman–Crippen LogP) is 3.15. The smallest absolute Gasteiger partial charge is 0.262 e. The van der Waals surface area contributed by atoms with Gasteiger partial charge in [-0.15, -0.1) is 0 Å². The molecule has 176 valence electrons. The lowest BCUT2D eigenvalue weighted by Crippen LogP contribution is -2.51. The lowest BCUT2D eigenvalue weighted by atomic mass is 10.0. The fraction of sp³-hybridized carbons (Fsp3) is 0.409. The Morgan fingerprint density at radius 1 is 1.16 bits per heavy atom. The second-order valence-electron chi connectivity index (χ2n) is 7.43. The summed E-state index contributed by atoms with van der Waals surface area (Å²) in [6.07, 6.45) is 0.237. The Bertz CT molecular complexity index is 982. The van der Waals surface area contributed by atoms with Crippen LogP contribution in [0.1, 0.15) is 25.8 Å². The zero-order valence-electron chi connectivity index (χ0n) is 18.3. The summed E-state index contributed by atoms with van der Waals surface area (Å²) in [4.78, 5) is 12.4. The number of nitrogens with one attached hydrogen (secondary N) is 1. The summed E-state index contributed by atoms with van der Waals surface area (Å²) in [5, 5.41) is 9.24. The lowest BCUT2D eigenvalue weighted by molar-refractivity contribution is -0.134. The number of sulfonamides is 1. The highest BCUT2D eigenvalue weighted by Crippen LogP contribution is 2.27. The normalized spacial score (nSPS) is 12.6. The van der Waals surface area contributed by atoms with Crippen molar-refractivity contribution in [2.45, 2.75) is 37.8 Å². The highest BCUT2D eigenvalue weighted by atomic mass is 32.2. The van der Waals surface area contributed by atoms with E-state index in [2.05, 4.69) is 0 Å². The van der Waals surface area contributed by atoms with Gasteiger partial charge in [0.25, 0.3) is 5.91 Å². The van der Waals surface area contributed by atoms with Crippen molar-refractivity contribution in [2.75, 3.05) is 20.4 Å². The number of carbonyl (C=O) groups excluding carboxylic acids is 1. The van der Waals surface area contributed by atoms with Gasteiger partial charge in [0.1, 0.15) is 17.5 Å². The molecule has 0 heterocycles. The number of carbonyl (C=O) groups is 1. The van der Waals surface area contributed by atoms with Gasteiger partial charge in [0.05, 0.1) is 25.3 Å². The van der Waals surface area contributed by atoms with Gasteiger partial charge in [0.2, 0.25) is 10.0 Å². The molecule has 2 aromatic carbocycles. The number of benzene rings is 2. The van der Waals surface area contributed by atoms with E-state index in [1.165, 1.54) is 31.4 Å². The SMILES string of the molecule is COc1cccc(CN(C(C(=O)NO)C(C)C)S(=O)(=O)c2ccc(OCCCF)cc2)c1.